The highest BCUT2D eigenvalue weighted by molar-refractivity contribution is 5.96. The Morgan fingerprint density at radius 3 is 2.68 bits per heavy atom. The number of nitrogens with one attached hydrogen (secondary N) is 1. The van der Waals surface area contributed by atoms with Crippen molar-refractivity contribution >= 4 is 5.91 Å². The second kappa shape index (κ2) is 7.93. The molecule has 1 fully saturated rings. The summed E-state index contributed by atoms with van der Waals surface area (Å²) >= 11 is 0. The summed E-state index contributed by atoms with van der Waals surface area (Å²) in [5, 5.41) is 22.0. The van der Waals surface area contributed by atoms with Gasteiger partial charge in [-0.25, -0.2) is 0 Å². The molecule has 3 rings (SSSR count). The van der Waals surface area contributed by atoms with Crippen LogP contribution in [0.3, 0.4) is 0 Å². The highest BCUT2D eigenvalue weighted by Crippen LogP contribution is 2.20. The van der Waals surface area contributed by atoms with Gasteiger partial charge in [0.05, 0.1) is 23.3 Å². The predicted octanol–water partition coefficient (Wildman–Crippen LogP) is 1.92. The SMILES string of the molecule is N#Cc1ccccc1C(=O)NCC1CC(O)CN1Cc1ccccc1. The Morgan fingerprint density at radius 2 is 1.92 bits per heavy atom. The summed E-state index contributed by atoms with van der Waals surface area (Å²) in [5.41, 5.74) is 1.94. The standard InChI is InChI=1S/C20H21N3O2/c21-11-16-8-4-5-9-19(16)20(25)22-12-17-10-18(24)14-23(17)13-15-6-2-1-3-7-15/h1-9,17-18,24H,10,12-14H2,(H,22,25). The van der Waals surface area contributed by atoms with Gasteiger partial charge in [-0.15, -0.1) is 0 Å². The number of rotatable bonds is 5. The second-order valence-electron chi connectivity index (χ2n) is 6.33. The first-order valence-corrected chi connectivity index (χ1v) is 8.40. The monoisotopic (exact) mass is 335 g/mol. The van der Waals surface area contributed by atoms with E-state index in [1.54, 1.807) is 24.3 Å². The van der Waals surface area contributed by atoms with Crippen LogP contribution in [0.15, 0.2) is 54.6 Å². The summed E-state index contributed by atoms with van der Waals surface area (Å²) in [6.07, 6.45) is 0.254. The van der Waals surface area contributed by atoms with E-state index in [1.165, 1.54) is 5.56 Å². The van der Waals surface area contributed by atoms with Crippen LogP contribution in [0.4, 0.5) is 0 Å². The van der Waals surface area contributed by atoms with Gasteiger partial charge < -0.3 is 10.4 Å². The molecule has 25 heavy (non-hydrogen) atoms. The maximum absolute atomic E-state index is 12.4. The Morgan fingerprint density at radius 1 is 1.20 bits per heavy atom. The lowest BCUT2D eigenvalue weighted by Gasteiger charge is -2.24. The molecule has 2 aromatic rings. The lowest BCUT2D eigenvalue weighted by molar-refractivity contribution is 0.0939. The fourth-order valence-corrected chi connectivity index (χ4v) is 3.27. The molecule has 5 heteroatoms. The van der Waals surface area contributed by atoms with Crippen LogP contribution in [0.1, 0.15) is 27.9 Å². The topological polar surface area (TPSA) is 76.4 Å². The van der Waals surface area contributed by atoms with Gasteiger partial charge in [-0.05, 0) is 24.1 Å². The Labute approximate surface area is 147 Å². The Hall–Kier alpha value is -2.68. The van der Waals surface area contributed by atoms with Crippen LogP contribution >= 0.6 is 0 Å². The summed E-state index contributed by atoms with van der Waals surface area (Å²) in [6, 6.07) is 19.0. The molecule has 5 nitrogen and oxygen atoms in total. The van der Waals surface area contributed by atoms with Crippen molar-refractivity contribution < 1.29 is 9.90 Å². The molecule has 2 aromatic carbocycles. The van der Waals surface area contributed by atoms with Crippen molar-refractivity contribution in [2.24, 2.45) is 0 Å². The molecule has 0 aliphatic carbocycles. The zero-order valence-electron chi connectivity index (χ0n) is 13.9. The number of nitriles is 1. The first kappa shape index (κ1) is 17.2. The average Bonchev–Trinajstić information content (AvgIpc) is 2.99. The lowest BCUT2D eigenvalue weighted by Crippen LogP contribution is -2.40. The van der Waals surface area contributed by atoms with Gasteiger partial charge in [-0.3, -0.25) is 9.69 Å². The Kier molecular flexibility index (Phi) is 5.44. The summed E-state index contributed by atoms with van der Waals surface area (Å²) in [4.78, 5) is 14.6. The first-order chi connectivity index (χ1) is 12.2. The Bertz CT molecular complexity index is 770. The van der Waals surface area contributed by atoms with Crippen molar-refractivity contribution in [3.8, 4) is 6.07 Å². The number of nitrogens with zero attached hydrogens (tertiary/aromatic N) is 2. The minimum absolute atomic E-state index is 0.0772. The second-order valence-corrected chi connectivity index (χ2v) is 6.33. The molecule has 1 heterocycles. The van der Waals surface area contributed by atoms with Gasteiger partial charge in [-0.1, -0.05) is 42.5 Å². The van der Waals surface area contributed by atoms with Crippen LogP contribution in [-0.2, 0) is 6.54 Å². The van der Waals surface area contributed by atoms with E-state index in [9.17, 15) is 9.90 Å². The molecule has 2 N–H and O–H groups in total. The van der Waals surface area contributed by atoms with Crippen LogP contribution in [-0.4, -0.2) is 41.1 Å². The van der Waals surface area contributed by atoms with Crippen molar-refractivity contribution in [3.05, 3.63) is 71.3 Å². The maximum atomic E-state index is 12.4. The maximum Gasteiger partial charge on any atom is 0.252 e. The molecule has 1 saturated heterocycles. The van der Waals surface area contributed by atoms with E-state index < -0.39 is 0 Å². The molecule has 128 valence electrons. The molecule has 1 aliphatic rings. The predicted molar refractivity (Wildman–Crippen MR) is 94.8 cm³/mol. The van der Waals surface area contributed by atoms with E-state index >= 15 is 0 Å². The number of benzene rings is 2. The van der Waals surface area contributed by atoms with E-state index in [1.807, 2.05) is 24.3 Å². The first-order valence-electron chi connectivity index (χ1n) is 8.40. The minimum atomic E-state index is -0.378. The number of carbonyl (C=O) groups is 1. The molecule has 1 aliphatic heterocycles. The quantitative estimate of drug-likeness (QED) is 0.875. The number of carbonyl (C=O) groups excluding carboxylic acids is 1. The van der Waals surface area contributed by atoms with Gasteiger partial charge in [0.2, 0.25) is 0 Å². The third-order valence-electron chi connectivity index (χ3n) is 4.52. The zero-order chi connectivity index (χ0) is 17.6. The minimum Gasteiger partial charge on any atom is -0.392 e. The smallest absolute Gasteiger partial charge is 0.252 e. The molecule has 0 bridgehead atoms. The molecular weight excluding hydrogens is 314 g/mol. The third-order valence-corrected chi connectivity index (χ3v) is 4.52. The van der Waals surface area contributed by atoms with Gasteiger partial charge in [0.25, 0.3) is 5.91 Å². The lowest BCUT2D eigenvalue weighted by atomic mass is 10.1. The van der Waals surface area contributed by atoms with Gasteiger partial charge in [0, 0.05) is 25.7 Å². The molecule has 1 amide bonds. The van der Waals surface area contributed by atoms with Crippen LogP contribution < -0.4 is 5.32 Å². The van der Waals surface area contributed by atoms with Crippen molar-refractivity contribution in [1.29, 1.82) is 5.26 Å². The zero-order valence-corrected chi connectivity index (χ0v) is 13.9. The molecule has 0 saturated carbocycles. The van der Waals surface area contributed by atoms with Crippen LogP contribution in [0.25, 0.3) is 0 Å². The number of β-amino-alcohol motifs (C(OH)–C–C–N with tert-alkyl or cyclic N) is 1. The highest BCUT2D eigenvalue weighted by Gasteiger charge is 2.31. The highest BCUT2D eigenvalue weighted by atomic mass is 16.3. The van der Waals surface area contributed by atoms with Crippen molar-refractivity contribution in [3.63, 3.8) is 0 Å². The number of hydrogen-bond acceptors (Lipinski definition) is 4. The summed E-state index contributed by atoms with van der Waals surface area (Å²) in [6.45, 7) is 1.79. The molecule has 0 spiro atoms. The number of aliphatic hydroxyl groups excluding tert-OH is 1. The largest absolute Gasteiger partial charge is 0.392 e. The summed E-state index contributed by atoms with van der Waals surface area (Å²) in [5.74, 6) is -0.252. The Balaban J connectivity index is 1.63. The number of aliphatic hydroxyl groups is 1. The molecule has 2 atom stereocenters. The van der Waals surface area contributed by atoms with Crippen LogP contribution in [0.5, 0.6) is 0 Å². The third kappa shape index (κ3) is 4.24. The number of likely N-dealkylation sites (tertiary alicyclic amines) is 1. The van der Waals surface area contributed by atoms with Crippen LogP contribution in [0, 0.1) is 11.3 Å². The van der Waals surface area contributed by atoms with Gasteiger partial charge >= 0.3 is 0 Å². The van der Waals surface area contributed by atoms with Gasteiger partial charge in [0.15, 0.2) is 0 Å². The molecule has 0 radical (unpaired) electrons. The van der Waals surface area contributed by atoms with Crippen molar-refractivity contribution in [2.75, 3.05) is 13.1 Å². The fourth-order valence-electron chi connectivity index (χ4n) is 3.27. The van der Waals surface area contributed by atoms with Crippen LogP contribution in [0.2, 0.25) is 0 Å². The summed E-state index contributed by atoms with van der Waals surface area (Å²) in [7, 11) is 0. The van der Waals surface area contributed by atoms with E-state index in [-0.39, 0.29) is 18.1 Å². The molecule has 0 aromatic heterocycles. The fraction of sp³-hybridized carbons (Fsp3) is 0.300. The van der Waals surface area contributed by atoms with Crippen molar-refractivity contribution in [1.82, 2.24) is 10.2 Å². The van der Waals surface area contributed by atoms with E-state index in [4.69, 9.17) is 5.26 Å². The summed E-state index contributed by atoms with van der Waals surface area (Å²) < 4.78 is 0. The van der Waals surface area contributed by atoms with Gasteiger partial charge in [0.1, 0.15) is 0 Å². The van der Waals surface area contributed by atoms with Crippen molar-refractivity contribution in [2.45, 2.75) is 25.1 Å². The molecule has 2 unspecified atom stereocenters. The number of hydrogen-bond donors (Lipinski definition) is 2. The number of amides is 1. The average molecular weight is 335 g/mol. The van der Waals surface area contributed by atoms with E-state index in [0.29, 0.717) is 30.6 Å². The normalized spacial score (nSPS) is 20.2. The van der Waals surface area contributed by atoms with E-state index in [2.05, 4.69) is 22.3 Å². The molecular formula is C20H21N3O2. The van der Waals surface area contributed by atoms with Gasteiger partial charge in [-0.2, -0.15) is 5.26 Å². The van der Waals surface area contributed by atoms with E-state index in [0.717, 1.165) is 6.54 Å².